The molecule has 114 valence electrons. The predicted molar refractivity (Wildman–Crippen MR) is 92.8 cm³/mol. The second kappa shape index (κ2) is 5.05. The van der Waals surface area contributed by atoms with Crippen molar-refractivity contribution in [3.8, 4) is 11.1 Å². The molecule has 0 spiro atoms. The summed E-state index contributed by atoms with van der Waals surface area (Å²) in [6.07, 6.45) is 7.57. The van der Waals surface area contributed by atoms with Crippen LogP contribution in [0.15, 0.2) is 49.1 Å². The molecular formula is C18H17N5. The number of aromatic nitrogens is 4. The van der Waals surface area contributed by atoms with E-state index in [1.165, 1.54) is 0 Å². The highest BCUT2D eigenvalue weighted by Gasteiger charge is 2.12. The van der Waals surface area contributed by atoms with Gasteiger partial charge in [0.05, 0.1) is 11.7 Å². The van der Waals surface area contributed by atoms with Crippen LogP contribution in [0.3, 0.4) is 0 Å². The highest BCUT2D eigenvalue weighted by Crippen LogP contribution is 2.31. The summed E-state index contributed by atoms with van der Waals surface area (Å²) in [5.41, 5.74) is 6.19. The van der Waals surface area contributed by atoms with Gasteiger partial charge in [0.25, 0.3) is 0 Å². The molecule has 5 heteroatoms. The third-order valence-corrected chi connectivity index (χ3v) is 4.02. The van der Waals surface area contributed by atoms with Gasteiger partial charge in [0.2, 0.25) is 0 Å². The molecule has 0 amide bonds. The maximum Gasteiger partial charge on any atom is 0.162 e. The normalized spacial score (nSPS) is 11.3. The highest BCUT2D eigenvalue weighted by molar-refractivity contribution is 5.99. The molecule has 0 aliphatic carbocycles. The molecule has 0 N–H and O–H groups in total. The number of hydrogen-bond donors (Lipinski definition) is 0. The van der Waals surface area contributed by atoms with Gasteiger partial charge in [0.15, 0.2) is 5.65 Å². The van der Waals surface area contributed by atoms with Crippen molar-refractivity contribution < 1.29 is 0 Å². The van der Waals surface area contributed by atoms with Crippen molar-refractivity contribution >= 4 is 22.2 Å². The van der Waals surface area contributed by atoms with E-state index in [0.717, 1.165) is 38.9 Å². The number of fused-ring (bicyclic) bond motifs is 2. The van der Waals surface area contributed by atoms with Gasteiger partial charge in [-0.3, -0.25) is 4.98 Å². The smallest absolute Gasteiger partial charge is 0.162 e. The summed E-state index contributed by atoms with van der Waals surface area (Å²) in [7, 11) is 4.08. The van der Waals surface area contributed by atoms with E-state index in [-0.39, 0.29) is 0 Å². The van der Waals surface area contributed by atoms with Gasteiger partial charge in [-0.15, -0.1) is 0 Å². The van der Waals surface area contributed by atoms with E-state index in [4.69, 9.17) is 0 Å². The van der Waals surface area contributed by atoms with Crippen molar-refractivity contribution in [1.29, 1.82) is 0 Å². The Balaban J connectivity index is 2.01. The molecule has 0 radical (unpaired) electrons. The van der Waals surface area contributed by atoms with Crippen LogP contribution >= 0.6 is 0 Å². The Kier molecular flexibility index (Phi) is 3.01. The Labute approximate surface area is 134 Å². The molecule has 3 aromatic heterocycles. The van der Waals surface area contributed by atoms with Crippen molar-refractivity contribution in [3.63, 3.8) is 0 Å². The van der Waals surface area contributed by atoms with Gasteiger partial charge in [0.1, 0.15) is 0 Å². The molecule has 0 bridgehead atoms. The van der Waals surface area contributed by atoms with Gasteiger partial charge in [-0.1, -0.05) is 0 Å². The summed E-state index contributed by atoms with van der Waals surface area (Å²) in [6, 6.07) is 8.32. The third kappa shape index (κ3) is 2.21. The first-order chi connectivity index (χ1) is 11.1. The van der Waals surface area contributed by atoms with E-state index >= 15 is 0 Å². The van der Waals surface area contributed by atoms with Gasteiger partial charge in [-0.05, 0) is 42.3 Å². The Morgan fingerprint density at radius 3 is 2.70 bits per heavy atom. The minimum atomic E-state index is 0.860. The van der Waals surface area contributed by atoms with Crippen molar-refractivity contribution in [2.24, 2.45) is 0 Å². The molecule has 4 rings (SSSR count). The monoisotopic (exact) mass is 303 g/mol. The highest BCUT2D eigenvalue weighted by atomic mass is 15.2. The molecular weight excluding hydrogens is 286 g/mol. The molecule has 0 atom stereocenters. The summed E-state index contributed by atoms with van der Waals surface area (Å²) in [5, 5.41) is 5.55. The molecule has 0 fully saturated rings. The standard InChI is InChI=1S/C18H17N5/c1-12-9-20-18-16(10-21-23(18)11-12)14-6-7-19-17-5-4-13(22(2)3)8-15(14)17/h4-11H,1-3H3. The van der Waals surface area contributed by atoms with Crippen LogP contribution in [0, 0.1) is 6.92 Å². The molecule has 0 saturated heterocycles. The lowest BCUT2D eigenvalue weighted by Gasteiger charge is -2.14. The van der Waals surface area contributed by atoms with Crippen LogP contribution in [0.1, 0.15) is 5.56 Å². The zero-order valence-corrected chi connectivity index (χ0v) is 13.4. The average molecular weight is 303 g/mol. The first kappa shape index (κ1) is 13.7. The van der Waals surface area contributed by atoms with Crippen LogP contribution < -0.4 is 4.90 Å². The molecule has 0 unspecified atom stereocenters. The fourth-order valence-corrected chi connectivity index (χ4v) is 2.81. The zero-order chi connectivity index (χ0) is 16.0. The number of benzene rings is 1. The average Bonchev–Trinajstić information content (AvgIpc) is 2.96. The lowest BCUT2D eigenvalue weighted by atomic mass is 10.0. The van der Waals surface area contributed by atoms with Crippen LogP contribution in [-0.2, 0) is 0 Å². The SMILES string of the molecule is Cc1cnc2c(-c3ccnc4ccc(N(C)C)cc34)cnn2c1. The van der Waals surface area contributed by atoms with Crippen molar-refractivity contribution in [3.05, 3.63) is 54.6 Å². The van der Waals surface area contributed by atoms with E-state index in [2.05, 4.69) is 38.2 Å². The topological polar surface area (TPSA) is 46.3 Å². The minimum Gasteiger partial charge on any atom is -0.378 e. The van der Waals surface area contributed by atoms with Crippen LogP contribution in [0.4, 0.5) is 5.69 Å². The van der Waals surface area contributed by atoms with Crippen molar-refractivity contribution in [2.75, 3.05) is 19.0 Å². The second-order valence-corrected chi connectivity index (χ2v) is 5.91. The predicted octanol–water partition coefficient (Wildman–Crippen LogP) is 3.32. The largest absolute Gasteiger partial charge is 0.378 e. The molecule has 4 aromatic rings. The maximum absolute atomic E-state index is 4.55. The van der Waals surface area contributed by atoms with Crippen molar-refractivity contribution in [2.45, 2.75) is 6.92 Å². The number of pyridine rings is 1. The molecule has 1 aromatic carbocycles. The van der Waals surface area contributed by atoms with Crippen LogP contribution in [0.25, 0.3) is 27.7 Å². The molecule has 0 aliphatic rings. The third-order valence-electron chi connectivity index (χ3n) is 4.02. The molecule has 0 aliphatic heterocycles. The van der Waals surface area contributed by atoms with Crippen LogP contribution in [-0.4, -0.2) is 33.7 Å². The fourth-order valence-electron chi connectivity index (χ4n) is 2.81. The van der Waals surface area contributed by atoms with E-state index in [0.29, 0.717) is 0 Å². The maximum atomic E-state index is 4.55. The first-order valence-corrected chi connectivity index (χ1v) is 7.50. The van der Waals surface area contributed by atoms with Gasteiger partial charge in [-0.25, -0.2) is 9.50 Å². The Morgan fingerprint density at radius 1 is 1.00 bits per heavy atom. The number of hydrogen-bond acceptors (Lipinski definition) is 4. The molecule has 23 heavy (non-hydrogen) atoms. The summed E-state index contributed by atoms with van der Waals surface area (Å²) >= 11 is 0. The van der Waals surface area contributed by atoms with E-state index in [9.17, 15) is 0 Å². The van der Waals surface area contributed by atoms with Gasteiger partial charge < -0.3 is 4.90 Å². The zero-order valence-electron chi connectivity index (χ0n) is 13.4. The Hall–Kier alpha value is -2.95. The van der Waals surface area contributed by atoms with Crippen LogP contribution in [0.5, 0.6) is 0 Å². The van der Waals surface area contributed by atoms with Gasteiger partial charge in [-0.2, -0.15) is 5.10 Å². The number of aryl methyl sites for hydroxylation is 1. The van der Waals surface area contributed by atoms with E-state index in [1.54, 1.807) is 0 Å². The summed E-state index contributed by atoms with van der Waals surface area (Å²) < 4.78 is 1.83. The lowest BCUT2D eigenvalue weighted by molar-refractivity contribution is 0.928. The summed E-state index contributed by atoms with van der Waals surface area (Å²) in [6.45, 7) is 2.01. The summed E-state index contributed by atoms with van der Waals surface area (Å²) in [4.78, 5) is 11.1. The molecule has 5 nitrogen and oxygen atoms in total. The van der Waals surface area contributed by atoms with E-state index in [1.807, 2.05) is 56.4 Å². The quantitative estimate of drug-likeness (QED) is 0.570. The van der Waals surface area contributed by atoms with Gasteiger partial charge in [0, 0.05) is 49.3 Å². The number of anilines is 1. The first-order valence-electron chi connectivity index (χ1n) is 7.50. The fraction of sp³-hybridized carbons (Fsp3) is 0.167. The summed E-state index contributed by atoms with van der Waals surface area (Å²) in [5.74, 6) is 0. The van der Waals surface area contributed by atoms with Gasteiger partial charge >= 0.3 is 0 Å². The Morgan fingerprint density at radius 2 is 1.87 bits per heavy atom. The Bertz CT molecular complexity index is 1020. The molecule has 3 heterocycles. The second-order valence-electron chi connectivity index (χ2n) is 5.91. The lowest BCUT2D eigenvalue weighted by Crippen LogP contribution is -2.08. The number of nitrogens with zero attached hydrogens (tertiary/aromatic N) is 5. The van der Waals surface area contributed by atoms with Crippen LogP contribution in [0.2, 0.25) is 0 Å². The van der Waals surface area contributed by atoms with Crippen molar-refractivity contribution in [1.82, 2.24) is 19.6 Å². The minimum absolute atomic E-state index is 0.860. The number of rotatable bonds is 2. The molecule has 0 saturated carbocycles. The van der Waals surface area contributed by atoms with E-state index < -0.39 is 0 Å².